The molecule has 1 aromatic carbocycles. The summed E-state index contributed by atoms with van der Waals surface area (Å²) in [5.41, 5.74) is -0.432. The summed E-state index contributed by atoms with van der Waals surface area (Å²) >= 11 is 0. The van der Waals surface area contributed by atoms with Crippen molar-refractivity contribution < 1.29 is 18.0 Å². The molecule has 2 fully saturated rings. The Morgan fingerprint density at radius 3 is 2.91 bits per heavy atom. The van der Waals surface area contributed by atoms with Gasteiger partial charge in [-0.15, -0.1) is 10.2 Å². The van der Waals surface area contributed by atoms with E-state index in [0.29, 0.717) is 12.8 Å². The highest BCUT2D eigenvalue weighted by molar-refractivity contribution is 5.89. The van der Waals surface area contributed by atoms with Crippen LogP contribution in [-0.2, 0) is 6.54 Å². The molecule has 0 aliphatic carbocycles. The number of fused-ring (bicyclic) bond motifs is 3. The van der Waals surface area contributed by atoms with Crippen molar-refractivity contribution in [2.45, 2.75) is 57.0 Å². The highest BCUT2D eigenvalue weighted by Gasteiger charge is 2.43. The number of piperidine rings is 1. The monoisotopic (exact) mass is 445 g/mol. The Balaban J connectivity index is 1.53. The van der Waals surface area contributed by atoms with Gasteiger partial charge in [0.05, 0.1) is 23.2 Å². The number of halogens is 2. The molecule has 4 heterocycles. The molecule has 2 aliphatic rings. The molecule has 2 aliphatic heterocycles. The Morgan fingerprint density at radius 1 is 1.34 bits per heavy atom. The van der Waals surface area contributed by atoms with Crippen LogP contribution in [0.1, 0.15) is 30.3 Å². The lowest BCUT2D eigenvalue weighted by Crippen LogP contribution is -2.55. The molecular weight excluding hydrogens is 418 g/mol. The van der Waals surface area contributed by atoms with Gasteiger partial charge in [-0.2, -0.15) is 0 Å². The molecule has 168 valence electrons. The zero-order chi connectivity index (χ0) is 25.1. The number of hydrogen-bond acceptors (Lipinski definition) is 7. The number of pyridine rings is 1. The molecule has 10 heteroatoms. The fraction of sp³-hybridized carbons (Fsp3) is 0.455. The second-order valence-corrected chi connectivity index (χ2v) is 8.29. The van der Waals surface area contributed by atoms with Crippen LogP contribution >= 0.6 is 0 Å². The summed E-state index contributed by atoms with van der Waals surface area (Å²) in [6.07, 6.45) is 2.55. The van der Waals surface area contributed by atoms with E-state index in [2.05, 4.69) is 20.5 Å². The van der Waals surface area contributed by atoms with Crippen LogP contribution in [0.3, 0.4) is 0 Å². The lowest BCUT2D eigenvalue weighted by atomic mass is 9.96. The first kappa shape index (κ1) is 17.4. The second-order valence-electron chi connectivity index (χ2n) is 8.29. The minimum absolute atomic E-state index is 0.000724. The molecule has 32 heavy (non-hydrogen) atoms. The van der Waals surface area contributed by atoms with E-state index in [1.165, 1.54) is 10.6 Å². The van der Waals surface area contributed by atoms with Gasteiger partial charge in [-0.25, -0.2) is 13.8 Å². The third kappa shape index (κ3) is 3.29. The van der Waals surface area contributed by atoms with Crippen molar-refractivity contribution >= 4 is 16.6 Å². The maximum Gasteiger partial charge on any atom is 0.258 e. The molecule has 0 saturated carbocycles. The first-order valence-corrected chi connectivity index (χ1v) is 10.5. The van der Waals surface area contributed by atoms with E-state index in [4.69, 9.17) is 4.11 Å². The van der Waals surface area contributed by atoms with Crippen LogP contribution in [0.4, 0.5) is 14.6 Å². The number of rotatable bonds is 4. The number of phenols is 1. The van der Waals surface area contributed by atoms with Crippen LogP contribution in [0.2, 0.25) is 0 Å². The molecule has 5 rings (SSSR count). The fourth-order valence-corrected chi connectivity index (χ4v) is 4.69. The maximum absolute atomic E-state index is 15.2. The topological polar surface area (TPSA) is 96.2 Å². The molecule has 3 aromatic rings. The van der Waals surface area contributed by atoms with Gasteiger partial charge >= 0.3 is 0 Å². The van der Waals surface area contributed by atoms with Gasteiger partial charge < -0.3 is 19.9 Å². The predicted molar refractivity (Wildman–Crippen MR) is 116 cm³/mol. The van der Waals surface area contributed by atoms with E-state index < -0.39 is 36.6 Å². The number of alkyl halides is 1. The molecular formula is C22H24F2N6O2. The Labute approximate surface area is 187 Å². The average Bonchev–Trinajstić information content (AvgIpc) is 3.22. The molecule has 8 nitrogen and oxygen atoms in total. The predicted octanol–water partition coefficient (Wildman–Crippen LogP) is 2.39. The molecule has 0 spiro atoms. The normalized spacial score (nSPS) is 26.5. The number of hydrogen-bond donors (Lipinski definition) is 2. The van der Waals surface area contributed by atoms with E-state index in [-0.39, 0.29) is 46.3 Å². The summed E-state index contributed by atoms with van der Waals surface area (Å²) in [7, 11) is 0. The van der Waals surface area contributed by atoms with Gasteiger partial charge in [0.1, 0.15) is 17.7 Å². The second kappa shape index (κ2) is 7.77. The smallest absolute Gasteiger partial charge is 0.258 e. The van der Waals surface area contributed by atoms with Crippen LogP contribution in [0.5, 0.6) is 5.75 Å². The van der Waals surface area contributed by atoms with Gasteiger partial charge in [-0.1, -0.05) is 0 Å². The molecule has 0 amide bonds. The molecule has 1 unspecified atom stereocenters. The van der Waals surface area contributed by atoms with Crippen LogP contribution in [-0.4, -0.2) is 56.1 Å². The molecule has 2 aromatic heterocycles. The zero-order valence-electron chi connectivity index (χ0n) is 20.3. The van der Waals surface area contributed by atoms with Gasteiger partial charge in [0.2, 0.25) is 0 Å². The van der Waals surface area contributed by atoms with Crippen molar-refractivity contribution in [3.63, 3.8) is 0 Å². The van der Waals surface area contributed by atoms with Crippen LogP contribution < -0.4 is 15.8 Å². The number of aryl methyl sites for hydroxylation is 1. The summed E-state index contributed by atoms with van der Waals surface area (Å²) in [5.74, 6) is -1.24. The van der Waals surface area contributed by atoms with E-state index in [9.17, 15) is 14.3 Å². The summed E-state index contributed by atoms with van der Waals surface area (Å²) < 4.78 is 55.0. The van der Waals surface area contributed by atoms with E-state index in [1.54, 1.807) is 6.92 Å². The van der Waals surface area contributed by atoms with E-state index >= 15 is 4.39 Å². The highest BCUT2D eigenvalue weighted by atomic mass is 19.1. The van der Waals surface area contributed by atoms with Gasteiger partial charge in [-0.05, 0) is 38.3 Å². The highest BCUT2D eigenvalue weighted by Crippen LogP contribution is 2.34. The van der Waals surface area contributed by atoms with E-state index in [0.717, 1.165) is 29.8 Å². The number of nitrogens with zero attached hydrogens (tertiary/aromatic N) is 5. The van der Waals surface area contributed by atoms with Crippen molar-refractivity contribution in [2.75, 3.05) is 11.9 Å². The third-order valence-electron chi connectivity index (χ3n) is 6.42. The Kier molecular flexibility index (Phi) is 4.23. The molecule has 2 bridgehead atoms. The number of anilines is 1. The minimum atomic E-state index is -2.68. The standard InChI is InChI=1S/C22H24F2N6O2/c1-3-30-10-15(23)12-7-14(18(31)8-13(12)22(30)32)21-25-9-19(27-28-21)29(2)17-6-11-4-5-16(26-11)20(17)24/h7-11,16-17,20,26,31H,3-6H2,1-2H3/t11-,16?,17-,20+/m1/s1/i2D3. The maximum atomic E-state index is 15.2. The molecule has 2 saturated heterocycles. The Hall–Kier alpha value is -3.14. The van der Waals surface area contributed by atoms with Crippen LogP contribution in [0, 0.1) is 5.82 Å². The van der Waals surface area contributed by atoms with Crippen molar-refractivity contribution in [3.8, 4) is 17.1 Å². The first-order valence-electron chi connectivity index (χ1n) is 12.0. The average molecular weight is 445 g/mol. The number of aromatic nitrogens is 4. The lowest BCUT2D eigenvalue weighted by molar-refractivity contribution is 0.176. The van der Waals surface area contributed by atoms with Crippen molar-refractivity contribution in [1.29, 1.82) is 0 Å². The first-order chi connectivity index (χ1) is 16.6. The van der Waals surface area contributed by atoms with Gasteiger partial charge in [0, 0.05) is 41.3 Å². The SMILES string of the molecule is [2H]C([2H])([2H])N(c1cnc(-c2cc3c(F)cn(CC)c(=O)c3cc2O)nn1)[C@@H]1C[C@H]2CCC(N2)[C@@H]1F. The zero-order valence-corrected chi connectivity index (χ0v) is 17.3. The van der Waals surface area contributed by atoms with Gasteiger partial charge in [0.25, 0.3) is 5.56 Å². The van der Waals surface area contributed by atoms with E-state index in [1.807, 2.05) is 0 Å². The van der Waals surface area contributed by atoms with Crippen LogP contribution in [0.15, 0.2) is 29.3 Å². The number of nitrogens with one attached hydrogen (secondary N) is 1. The minimum Gasteiger partial charge on any atom is -0.507 e. The summed E-state index contributed by atoms with van der Waals surface area (Å²) in [4.78, 5) is 17.6. The summed E-state index contributed by atoms with van der Waals surface area (Å²) in [6, 6.07) is 1.09. The van der Waals surface area contributed by atoms with Crippen molar-refractivity contribution in [1.82, 2.24) is 25.1 Å². The largest absolute Gasteiger partial charge is 0.507 e. The number of aromatic hydroxyl groups is 1. The molecule has 4 atom stereocenters. The summed E-state index contributed by atoms with van der Waals surface area (Å²) in [5, 5.41) is 21.6. The third-order valence-corrected chi connectivity index (χ3v) is 6.42. The molecule has 2 N–H and O–H groups in total. The Morgan fingerprint density at radius 2 is 2.19 bits per heavy atom. The lowest BCUT2D eigenvalue weighted by Gasteiger charge is -2.38. The van der Waals surface area contributed by atoms with Gasteiger partial charge in [-0.3, -0.25) is 4.79 Å². The van der Waals surface area contributed by atoms with Crippen molar-refractivity contribution in [3.05, 3.63) is 40.7 Å². The van der Waals surface area contributed by atoms with Crippen LogP contribution in [0.25, 0.3) is 22.2 Å². The fourth-order valence-electron chi connectivity index (χ4n) is 4.69. The number of phenolic OH excluding ortho intramolecular Hbond substituents is 1. The molecule has 0 radical (unpaired) electrons. The van der Waals surface area contributed by atoms with Gasteiger partial charge in [0.15, 0.2) is 11.6 Å². The Bertz CT molecular complexity index is 1330. The number of benzene rings is 1. The quantitative estimate of drug-likeness (QED) is 0.637. The van der Waals surface area contributed by atoms with Crippen molar-refractivity contribution in [2.24, 2.45) is 0 Å². The summed E-state index contributed by atoms with van der Waals surface area (Å²) in [6.45, 7) is -0.720.